The van der Waals surface area contributed by atoms with Crippen molar-refractivity contribution >= 4 is 27.5 Å². The van der Waals surface area contributed by atoms with Crippen LogP contribution in [0.3, 0.4) is 0 Å². The minimum absolute atomic E-state index is 0.0244. The molecule has 2 aromatic rings. The number of aromatic nitrogens is 2. The van der Waals surface area contributed by atoms with E-state index >= 15 is 0 Å². The number of ether oxygens (including phenoxy) is 1. The zero-order chi connectivity index (χ0) is 18.7. The van der Waals surface area contributed by atoms with Crippen molar-refractivity contribution in [2.24, 2.45) is 0 Å². The first kappa shape index (κ1) is 18.8. The topological polar surface area (TPSA) is 90.3 Å². The molecular weight excluding hydrogens is 374 g/mol. The summed E-state index contributed by atoms with van der Waals surface area (Å²) in [6.07, 6.45) is 3.99. The highest BCUT2D eigenvalue weighted by Crippen LogP contribution is 2.26. The Morgan fingerprint density at radius 1 is 1.38 bits per heavy atom. The van der Waals surface area contributed by atoms with Crippen molar-refractivity contribution < 1.29 is 17.9 Å². The van der Waals surface area contributed by atoms with Crippen molar-refractivity contribution in [1.82, 2.24) is 14.9 Å². The minimum Gasteiger partial charge on any atom is -0.497 e. The Bertz CT molecular complexity index is 878. The van der Waals surface area contributed by atoms with Gasteiger partial charge in [-0.15, -0.1) is 0 Å². The lowest BCUT2D eigenvalue weighted by molar-refractivity contribution is -0.120. The Morgan fingerprint density at radius 3 is 2.73 bits per heavy atom. The quantitative estimate of drug-likeness (QED) is 0.748. The number of imidazole rings is 1. The lowest BCUT2D eigenvalue weighted by Gasteiger charge is -2.16. The number of methoxy groups -OCH3 is 1. The van der Waals surface area contributed by atoms with Crippen molar-refractivity contribution in [2.75, 3.05) is 18.6 Å². The molecule has 0 saturated carbocycles. The molecule has 0 unspecified atom stereocenters. The molecule has 9 heteroatoms. The van der Waals surface area contributed by atoms with Gasteiger partial charge in [-0.1, -0.05) is 11.8 Å². The Balaban J connectivity index is 1.65. The standard InChI is InChI=1S/C17H21N3O4S2/c1-12(16(21)19-13-7-10-26(22,23)11-13)25-17-18-8-9-20(17)14-3-5-15(24-2)6-4-14/h3-6,8-9,12-13H,7,10-11H2,1-2H3,(H,19,21)/t12-,13+/m1/s1. The lowest BCUT2D eigenvalue weighted by atomic mass is 10.2. The number of nitrogens with zero attached hydrogens (tertiary/aromatic N) is 2. The molecule has 1 N–H and O–H groups in total. The zero-order valence-electron chi connectivity index (χ0n) is 14.6. The molecule has 1 aliphatic heterocycles. The number of sulfone groups is 1. The zero-order valence-corrected chi connectivity index (χ0v) is 16.2. The number of thioether (sulfide) groups is 1. The van der Waals surface area contributed by atoms with Crippen LogP contribution in [0.5, 0.6) is 5.75 Å². The number of rotatable bonds is 6. The van der Waals surface area contributed by atoms with Crippen LogP contribution in [0.4, 0.5) is 0 Å². The van der Waals surface area contributed by atoms with Gasteiger partial charge in [0.2, 0.25) is 5.91 Å². The third-order valence-corrected chi connectivity index (χ3v) is 7.04. The van der Waals surface area contributed by atoms with E-state index in [2.05, 4.69) is 10.3 Å². The first-order valence-corrected chi connectivity index (χ1v) is 10.9. The summed E-state index contributed by atoms with van der Waals surface area (Å²) in [5.74, 6) is 0.751. The molecule has 0 spiro atoms. The summed E-state index contributed by atoms with van der Waals surface area (Å²) < 4.78 is 30.1. The fourth-order valence-corrected chi connectivity index (χ4v) is 5.32. The predicted molar refractivity (Wildman–Crippen MR) is 101 cm³/mol. The fraction of sp³-hybridized carbons (Fsp3) is 0.412. The molecule has 1 fully saturated rings. The van der Waals surface area contributed by atoms with Gasteiger partial charge in [0.15, 0.2) is 15.0 Å². The van der Waals surface area contributed by atoms with E-state index in [0.717, 1.165) is 11.4 Å². The van der Waals surface area contributed by atoms with E-state index in [9.17, 15) is 13.2 Å². The fourth-order valence-electron chi connectivity index (χ4n) is 2.76. The van der Waals surface area contributed by atoms with Crippen LogP contribution in [0, 0.1) is 0 Å². The molecule has 140 valence electrons. The van der Waals surface area contributed by atoms with Crippen LogP contribution in [0.1, 0.15) is 13.3 Å². The Morgan fingerprint density at radius 2 is 2.12 bits per heavy atom. The summed E-state index contributed by atoms with van der Waals surface area (Å²) in [5, 5.41) is 3.13. The van der Waals surface area contributed by atoms with Gasteiger partial charge in [0.05, 0.1) is 23.9 Å². The van der Waals surface area contributed by atoms with Gasteiger partial charge in [-0.2, -0.15) is 0 Å². The lowest BCUT2D eigenvalue weighted by Crippen LogP contribution is -2.40. The first-order chi connectivity index (χ1) is 12.4. The highest BCUT2D eigenvalue weighted by molar-refractivity contribution is 8.00. The van der Waals surface area contributed by atoms with Crippen molar-refractivity contribution in [1.29, 1.82) is 0 Å². The summed E-state index contributed by atoms with van der Waals surface area (Å²) in [4.78, 5) is 16.7. The van der Waals surface area contributed by atoms with Crippen LogP contribution >= 0.6 is 11.8 Å². The highest BCUT2D eigenvalue weighted by Gasteiger charge is 2.30. The van der Waals surface area contributed by atoms with Gasteiger partial charge in [-0.25, -0.2) is 13.4 Å². The van der Waals surface area contributed by atoms with E-state index in [1.807, 2.05) is 35.0 Å². The molecule has 2 atom stereocenters. The molecule has 7 nitrogen and oxygen atoms in total. The minimum atomic E-state index is -3.01. The molecule has 1 aromatic heterocycles. The molecule has 0 aliphatic carbocycles. The number of benzene rings is 1. The Kier molecular flexibility index (Phi) is 5.57. The van der Waals surface area contributed by atoms with Gasteiger partial charge >= 0.3 is 0 Å². The maximum absolute atomic E-state index is 12.4. The molecule has 1 aromatic carbocycles. The second-order valence-electron chi connectivity index (χ2n) is 6.15. The molecule has 2 heterocycles. The van der Waals surface area contributed by atoms with Crippen LogP contribution in [0.2, 0.25) is 0 Å². The van der Waals surface area contributed by atoms with Gasteiger partial charge in [-0.3, -0.25) is 9.36 Å². The van der Waals surface area contributed by atoms with Gasteiger partial charge in [0.25, 0.3) is 0 Å². The normalized spacial score (nSPS) is 19.8. The third-order valence-electron chi connectivity index (χ3n) is 4.19. The maximum atomic E-state index is 12.4. The summed E-state index contributed by atoms with van der Waals surface area (Å²) in [7, 11) is -1.40. The van der Waals surface area contributed by atoms with E-state index < -0.39 is 15.1 Å². The van der Waals surface area contributed by atoms with Crippen LogP contribution in [0.15, 0.2) is 41.8 Å². The Labute approximate surface area is 157 Å². The number of hydrogen-bond acceptors (Lipinski definition) is 6. The van der Waals surface area contributed by atoms with E-state index in [1.54, 1.807) is 20.2 Å². The average molecular weight is 396 g/mol. The highest BCUT2D eigenvalue weighted by atomic mass is 32.2. The maximum Gasteiger partial charge on any atom is 0.233 e. The molecule has 1 aliphatic rings. The SMILES string of the molecule is COc1ccc(-n2ccnc2S[C@H](C)C(=O)N[C@H]2CCS(=O)(=O)C2)cc1. The van der Waals surface area contributed by atoms with Crippen molar-refractivity contribution in [3.05, 3.63) is 36.7 Å². The molecule has 1 amide bonds. The Hall–Kier alpha value is -2.00. The van der Waals surface area contributed by atoms with Crippen LogP contribution in [0.25, 0.3) is 5.69 Å². The molecular formula is C17H21N3O4S2. The molecule has 1 saturated heterocycles. The second-order valence-corrected chi connectivity index (χ2v) is 9.68. The second kappa shape index (κ2) is 7.71. The average Bonchev–Trinajstić information content (AvgIpc) is 3.21. The van der Waals surface area contributed by atoms with E-state index in [4.69, 9.17) is 4.74 Å². The van der Waals surface area contributed by atoms with Crippen LogP contribution < -0.4 is 10.1 Å². The largest absolute Gasteiger partial charge is 0.497 e. The summed E-state index contributed by atoms with van der Waals surface area (Å²) >= 11 is 1.33. The van der Waals surface area contributed by atoms with E-state index in [0.29, 0.717) is 11.6 Å². The molecule has 26 heavy (non-hydrogen) atoms. The third kappa shape index (κ3) is 4.39. The van der Waals surface area contributed by atoms with Crippen LogP contribution in [-0.2, 0) is 14.6 Å². The van der Waals surface area contributed by atoms with E-state index in [1.165, 1.54) is 11.8 Å². The number of amides is 1. The van der Waals surface area contributed by atoms with Gasteiger partial charge in [0, 0.05) is 24.1 Å². The van der Waals surface area contributed by atoms with Crippen molar-refractivity contribution in [3.8, 4) is 11.4 Å². The first-order valence-electron chi connectivity index (χ1n) is 8.23. The summed E-state index contributed by atoms with van der Waals surface area (Å²) in [6.45, 7) is 1.79. The summed E-state index contributed by atoms with van der Waals surface area (Å²) in [5.41, 5.74) is 0.917. The van der Waals surface area contributed by atoms with Gasteiger partial charge in [0.1, 0.15) is 5.75 Å². The molecule has 0 bridgehead atoms. The summed E-state index contributed by atoms with van der Waals surface area (Å²) in [6, 6.07) is 7.26. The number of carbonyl (C=O) groups excluding carboxylic acids is 1. The van der Waals surface area contributed by atoms with Crippen molar-refractivity contribution in [2.45, 2.75) is 29.8 Å². The predicted octanol–water partition coefficient (Wildman–Crippen LogP) is 1.66. The van der Waals surface area contributed by atoms with Crippen LogP contribution in [-0.4, -0.2) is 53.8 Å². The van der Waals surface area contributed by atoms with Gasteiger partial charge < -0.3 is 10.1 Å². The van der Waals surface area contributed by atoms with Crippen molar-refractivity contribution in [3.63, 3.8) is 0 Å². The smallest absolute Gasteiger partial charge is 0.233 e. The number of carbonyl (C=O) groups is 1. The van der Waals surface area contributed by atoms with Gasteiger partial charge in [-0.05, 0) is 37.6 Å². The number of nitrogens with one attached hydrogen (secondary N) is 1. The van der Waals surface area contributed by atoms with E-state index in [-0.39, 0.29) is 23.5 Å². The number of hydrogen-bond donors (Lipinski definition) is 1. The molecule has 0 radical (unpaired) electrons. The molecule has 3 rings (SSSR count). The monoisotopic (exact) mass is 395 g/mol.